The normalized spacial score (nSPS) is 15.5. The Balaban J connectivity index is 1.50. The van der Waals surface area contributed by atoms with Crippen LogP contribution in [0.5, 0.6) is 0 Å². The van der Waals surface area contributed by atoms with Crippen LogP contribution in [0.3, 0.4) is 0 Å². The van der Waals surface area contributed by atoms with Crippen molar-refractivity contribution >= 4 is 28.8 Å². The van der Waals surface area contributed by atoms with Crippen molar-refractivity contribution in [1.29, 1.82) is 10.8 Å². The summed E-state index contributed by atoms with van der Waals surface area (Å²) in [7, 11) is 0. The molecule has 3 aromatic rings. The van der Waals surface area contributed by atoms with Crippen molar-refractivity contribution < 1.29 is 4.39 Å². The average Bonchev–Trinajstić information content (AvgIpc) is 3.42. The number of nitrogens with zero attached hydrogens (tertiary/aromatic N) is 5. The zero-order chi connectivity index (χ0) is 30.8. The van der Waals surface area contributed by atoms with Gasteiger partial charge in [0.1, 0.15) is 5.82 Å². The number of anilines is 1. The van der Waals surface area contributed by atoms with Crippen molar-refractivity contribution in [1.82, 2.24) is 24.6 Å². The zero-order valence-electron chi connectivity index (χ0n) is 25.3. The molecule has 10 nitrogen and oxygen atoms in total. The van der Waals surface area contributed by atoms with E-state index in [-0.39, 0.29) is 29.8 Å². The third kappa shape index (κ3) is 6.25. The summed E-state index contributed by atoms with van der Waals surface area (Å²) in [4.78, 5) is 3.63. The second-order valence-electron chi connectivity index (χ2n) is 11.7. The van der Waals surface area contributed by atoms with Crippen LogP contribution in [0.25, 0.3) is 33.9 Å². The van der Waals surface area contributed by atoms with E-state index in [1.165, 1.54) is 5.57 Å². The fraction of sp³-hybridized carbons (Fsp3) is 0.375. The van der Waals surface area contributed by atoms with Crippen LogP contribution in [0.1, 0.15) is 57.7 Å². The summed E-state index contributed by atoms with van der Waals surface area (Å²) in [6.07, 6.45) is 5.62. The van der Waals surface area contributed by atoms with E-state index in [2.05, 4.69) is 53.6 Å². The second-order valence-corrected chi connectivity index (χ2v) is 11.7. The first-order valence-corrected chi connectivity index (χ1v) is 14.8. The highest BCUT2D eigenvalue weighted by Gasteiger charge is 2.24. The molecule has 0 aliphatic carbocycles. The molecule has 2 aliphatic heterocycles. The van der Waals surface area contributed by atoms with Crippen LogP contribution in [0.15, 0.2) is 48.6 Å². The lowest BCUT2D eigenvalue weighted by Gasteiger charge is -2.27. The largest absolute Gasteiger partial charge is 0.382 e. The number of halogens is 1. The lowest BCUT2D eigenvalue weighted by molar-refractivity contribution is 0.451. The SMILES string of the molecule is CC(C)Nc1cc(C2=CCN(C(=N)N)CC2)ccc1-c1nnc(-c2ccc(C3=CCN(C(=N)N)CC3)cc2F)n1C(C)C. The minimum Gasteiger partial charge on any atom is -0.382 e. The predicted octanol–water partition coefficient (Wildman–Crippen LogP) is 5.12. The van der Waals surface area contributed by atoms with Crippen LogP contribution < -0.4 is 16.8 Å². The summed E-state index contributed by atoms with van der Waals surface area (Å²) >= 11 is 0. The van der Waals surface area contributed by atoms with Crippen molar-refractivity contribution in [3.05, 3.63) is 65.5 Å². The first kappa shape index (κ1) is 29.8. The molecule has 0 radical (unpaired) electrons. The number of nitrogens with two attached hydrogens (primary N) is 2. The molecule has 5 rings (SSSR count). The van der Waals surface area contributed by atoms with Gasteiger partial charge in [-0.2, -0.15) is 0 Å². The molecule has 0 spiro atoms. The zero-order valence-corrected chi connectivity index (χ0v) is 25.3. The van der Waals surface area contributed by atoms with Crippen LogP contribution in [0.4, 0.5) is 10.1 Å². The Bertz CT molecular complexity index is 1600. The Morgan fingerprint density at radius 2 is 1.33 bits per heavy atom. The van der Waals surface area contributed by atoms with E-state index in [9.17, 15) is 0 Å². The number of hydrogen-bond acceptors (Lipinski definition) is 5. The summed E-state index contributed by atoms with van der Waals surface area (Å²) < 4.78 is 17.7. The van der Waals surface area contributed by atoms with Gasteiger partial charge in [-0.1, -0.05) is 24.3 Å². The highest BCUT2D eigenvalue weighted by molar-refractivity contribution is 5.82. The van der Waals surface area contributed by atoms with Crippen molar-refractivity contribution in [2.24, 2.45) is 11.5 Å². The molecule has 226 valence electrons. The van der Waals surface area contributed by atoms with Gasteiger partial charge in [-0.25, -0.2) is 4.39 Å². The van der Waals surface area contributed by atoms with Gasteiger partial charge >= 0.3 is 0 Å². The van der Waals surface area contributed by atoms with Gasteiger partial charge in [-0.05, 0) is 87.1 Å². The van der Waals surface area contributed by atoms with E-state index in [0.29, 0.717) is 49.8 Å². The van der Waals surface area contributed by atoms with Crippen LogP contribution in [-0.4, -0.2) is 68.7 Å². The number of guanidine groups is 2. The molecule has 43 heavy (non-hydrogen) atoms. The Morgan fingerprint density at radius 1 is 0.814 bits per heavy atom. The summed E-state index contributed by atoms with van der Waals surface area (Å²) in [5, 5.41) is 28.0. The molecule has 11 heteroatoms. The molecule has 2 aliphatic rings. The highest BCUT2D eigenvalue weighted by atomic mass is 19.1. The standard InChI is InChI=1S/C32H41FN10/c1-19(2)38-28-18-24(22-11-15-42(16-12-22)32(36)37)6-8-26(28)30-40-39-29(43(30)20(3)4)25-7-5-23(17-27(25)33)21-9-13-41(14-10-21)31(34)35/h5-9,11,17-20,38H,10,12-16H2,1-4H3,(H3,34,35)(H3,36,37). The lowest BCUT2D eigenvalue weighted by Crippen LogP contribution is -2.39. The van der Waals surface area contributed by atoms with Gasteiger partial charge in [-0.3, -0.25) is 10.8 Å². The highest BCUT2D eigenvalue weighted by Crippen LogP contribution is 2.37. The molecule has 0 unspecified atom stereocenters. The van der Waals surface area contributed by atoms with Gasteiger partial charge in [0.25, 0.3) is 0 Å². The maximum atomic E-state index is 15.7. The van der Waals surface area contributed by atoms with Gasteiger partial charge in [0.05, 0.1) is 5.56 Å². The summed E-state index contributed by atoms with van der Waals surface area (Å²) in [6, 6.07) is 11.7. The monoisotopic (exact) mass is 584 g/mol. The third-order valence-corrected chi connectivity index (χ3v) is 7.97. The number of aromatic nitrogens is 3. The number of hydrogen-bond donors (Lipinski definition) is 5. The Morgan fingerprint density at radius 3 is 1.77 bits per heavy atom. The Labute approximate surface area is 252 Å². The van der Waals surface area contributed by atoms with Crippen LogP contribution >= 0.6 is 0 Å². The minimum absolute atomic E-state index is 0.0251. The number of nitrogens with one attached hydrogen (secondary N) is 3. The molecule has 1 aromatic heterocycles. The lowest BCUT2D eigenvalue weighted by atomic mass is 9.96. The van der Waals surface area contributed by atoms with E-state index < -0.39 is 0 Å². The molecule has 3 heterocycles. The molecule has 0 saturated heterocycles. The van der Waals surface area contributed by atoms with Crippen molar-refractivity contribution in [2.75, 3.05) is 31.5 Å². The molecule has 0 saturated carbocycles. The maximum absolute atomic E-state index is 15.7. The summed E-state index contributed by atoms with van der Waals surface area (Å²) in [5.41, 5.74) is 17.7. The van der Waals surface area contributed by atoms with Crippen LogP contribution in [0, 0.1) is 16.6 Å². The van der Waals surface area contributed by atoms with E-state index in [1.807, 2.05) is 35.5 Å². The fourth-order valence-corrected chi connectivity index (χ4v) is 5.71. The molecule has 7 N–H and O–H groups in total. The predicted molar refractivity (Wildman–Crippen MR) is 172 cm³/mol. The summed E-state index contributed by atoms with van der Waals surface area (Å²) in [6.45, 7) is 10.8. The van der Waals surface area contributed by atoms with Gasteiger partial charge < -0.3 is 31.2 Å². The van der Waals surface area contributed by atoms with E-state index in [4.69, 9.17) is 22.3 Å². The quantitative estimate of drug-likeness (QED) is 0.191. The van der Waals surface area contributed by atoms with E-state index >= 15 is 4.39 Å². The van der Waals surface area contributed by atoms with Crippen molar-refractivity contribution in [2.45, 2.75) is 52.6 Å². The molecular formula is C32H41FN10. The van der Waals surface area contributed by atoms with Crippen molar-refractivity contribution in [3.63, 3.8) is 0 Å². The molecule has 0 bridgehead atoms. The first-order valence-electron chi connectivity index (χ1n) is 14.8. The number of rotatable bonds is 7. The van der Waals surface area contributed by atoms with Gasteiger partial charge in [-0.15, -0.1) is 10.2 Å². The molecule has 0 fully saturated rings. The fourth-order valence-electron chi connectivity index (χ4n) is 5.71. The van der Waals surface area contributed by atoms with Crippen molar-refractivity contribution in [3.8, 4) is 22.8 Å². The number of benzene rings is 2. The van der Waals surface area contributed by atoms with Gasteiger partial charge in [0.2, 0.25) is 0 Å². The minimum atomic E-state index is -0.354. The topological polar surface area (TPSA) is 149 Å². The maximum Gasteiger partial charge on any atom is 0.188 e. The Hall–Kier alpha value is -4.67. The van der Waals surface area contributed by atoms with Crippen LogP contribution in [-0.2, 0) is 0 Å². The third-order valence-electron chi connectivity index (χ3n) is 7.97. The van der Waals surface area contributed by atoms with Crippen LogP contribution in [0.2, 0.25) is 0 Å². The second kappa shape index (κ2) is 12.3. The summed E-state index contributed by atoms with van der Waals surface area (Å²) in [5.74, 6) is 0.938. The smallest absolute Gasteiger partial charge is 0.188 e. The van der Waals surface area contributed by atoms with E-state index in [0.717, 1.165) is 34.4 Å². The van der Waals surface area contributed by atoms with E-state index in [1.54, 1.807) is 17.0 Å². The molecular weight excluding hydrogens is 543 g/mol. The van der Waals surface area contributed by atoms with Gasteiger partial charge in [0.15, 0.2) is 23.6 Å². The Kier molecular flexibility index (Phi) is 8.52. The van der Waals surface area contributed by atoms with Gasteiger partial charge in [0, 0.05) is 49.5 Å². The molecule has 2 aromatic carbocycles. The first-order chi connectivity index (χ1) is 20.5. The molecule has 0 amide bonds. The molecule has 0 atom stereocenters. The average molecular weight is 585 g/mol.